The maximum absolute atomic E-state index is 11.7. The number of unbranched alkanes of at least 4 members (excludes halogenated alkanes) is 11. The third-order valence-corrected chi connectivity index (χ3v) is 5.63. The molecule has 0 unspecified atom stereocenters. The molecule has 1 saturated heterocycles. The van der Waals surface area contributed by atoms with Crippen molar-refractivity contribution in [2.45, 2.75) is 128 Å². The van der Waals surface area contributed by atoms with Crippen LogP contribution in [-0.2, 0) is 14.3 Å². The summed E-state index contributed by atoms with van der Waals surface area (Å²) in [4.78, 5) is 11.7. The number of rotatable bonds is 18. The second-order valence-corrected chi connectivity index (χ2v) is 8.85. The zero-order valence-corrected chi connectivity index (χ0v) is 21.1. The molecular weight excluding hydrogens is 420 g/mol. The highest BCUT2D eigenvalue weighted by molar-refractivity contribution is 5.69. The summed E-state index contributed by atoms with van der Waals surface area (Å²) in [5, 5.41) is 29.0. The van der Waals surface area contributed by atoms with Crippen LogP contribution in [0.1, 0.15) is 104 Å². The molecule has 0 radical (unpaired) electrons. The molecule has 0 aromatic rings. The molecule has 0 amide bonds. The molecule has 1 heterocycles. The van der Waals surface area contributed by atoms with E-state index >= 15 is 0 Å². The van der Waals surface area contributed by atoms with Gasteiger partial charge in [0.1, 0.15) is 31.0 Å². The average Bonchev–Trinajstić information content (AvgIpc) is 3.13. The minimum absolute atomic E-state index is 0.0221. The quantitative estimate of drug-likeness (QED) is 0.144. The molecule has 1 aliphatic rings. The van der Waals surface area contributed by atoms with Crippen LogP contribution in [0.25, 0.3) is 0 Å². The molecule has 0 spiro atoms. The van der Waals surface area contributed by atoms with Gasteiger partial charge in [-0.05, 0) is 39.0 Å². The number of ether oxygens (including phenoxy) is 2. The fourth-order valence-electron chi connectivity index (χ4n) is 3.65. The number of allylic oxidation sites excluding steroid dienone is 3. The van der Waals surface area contributed by atoms with Gasteiger partial charge in [0.15, 0.2) is 0 Å². The summed E-state index contributed by atoms with van der Waals surface area (Å²) < 4.78 is 10.2. The summed E-state index contributed by atoms with van der Waals surface area (Å²) in [6, 6.07) is 0. The van der Waals surface area contributed by atoms with E-state index in [1.54, 1.807) is 6.08 Å². The van der Waals surface area contributed by atoms with Gasteiger partial charge in [-0.3, -0.25) is 4.79 Å². The Morgan fingerprint density at radius 2 is 1.52 bits per heavy atom. The third kappa shape index (κ3) is 17.9. The standard InChI is InChI=1S/C24H44O6.C3H6/c1-2-3-4-5-6-7-8-9-10-11-12-13-14-15-16-17-22(27)29-19-21(26)24-23(28)20(25)18-30-24;1-3-2/h9-10,20-21,23-26,28H,2-8,11-19H2,1H3;3H,1H2,2H3/b10-9-;/t20-,21+,23+,24+;/m0./s1. The van der Waals surface area contributed by atoms with E-state index < -0.39 is 24.4 Å². The van der Waals surface area contributed by atoms with Gasteiger partial charge in [0.05, 0.1) is 6.61 Å². The van der Waals surface area contributed by atoms with Gasteiger partial charge in [-0.25, -0.2) is 0 Å². The number of aliphatic hydroxyl groups excluding tert-OH is 3. The van der Waals surface area contributed by atoms with E-state index in [1.807, 2.05) is 6.92 Å². The van der Waals surface area contributed by atoms with Gasteiger partial charge < -0.3 is 24.8 Å². The summed E-state index contributed by atoms with van der Waals surface area (Å²) in [5.74, 6) is -0.347. The highest BCUT2D eigenvalue weighted by Gasteiger charge is 2.39. The lowest BCUT2D eigenvalue weighted by Gasteiger charge is -2.20. The summed E-state index contributed by atoms with van der Waals surface area (Å²) in [7, 11) is 0. The van der Waals surface area contributed by atoms with Crippen LogP contribution in [0.2, 0.25) is 0 Å². The Morgan fingerprint density at radius 3 is 2.03 bits per heavy atom. The smallest absolute Gasteiger partial charge is 0.305 e. The molecule has 4 atom stereocenters. The molecule has 194 valence electrons. The van der Waals surface area contributed by atoms with E-state index in [-0.39, 0.29) is 19.2 Å². The van der Waals surface area contributed by atoms with Crippen molar-refractivity contribution in [2.24, 2.45) is 0 Å². The van der Waals surface area contributed by atoms with E-state index in [0.29, 0.717) is 6.42 Å². The van der Waals surface area contributed by atoms with Gasteiger partial charge in [-0.15, -0.1) is 6.58 Å². The molecular formula is C27H50O6. The first-order valence-electron chi connectivity index (χ1n) is 13.0. The van der Waals surface area contributed by atoms with Crippen LogP contribution in [0.5, 0.6) is 0 Å². The molecule has 0 bridgehead atoms. The lowest BCUT2D eigenvalue weighted by Crippen LogP contribution is -2.41. The maximum Gasteiger partial charge on any atom is 0.305 e. The predicted molar refractivity (Wildman–Crippen MR) is 134 cm³/mol. The first kappa shape index (κ1) is 31.8. The zero-order chi connectivity index (χ0) is 24.7. The number of aliphatic hydroxyl groups is 3. The Hall–Kier alpha value is -1.21. The lowest BCUT2D eigenvalue weighted by molar-refractivity contribution is -0.151. The van der Waals surface area contributed by atoms with Gasteiger partial charge in [0.25, 0.3) is 0 Å². The van der Waals surface area contributed by atoms with Gasteiger partial charge in [-0.1, -0.05) is 76.5 Å². The zero-order valence-electron chi connectivity index (χ0n) is 21.1. The van der Waals surface area contributed by atoms with Crippen LogP contribution in [0.15, 0.2) is 24.8 Å². The van der Waals surface area contributed by atoms with Crippen LogP contribution in [0, 0.1) is 0 Å². The van der Waals surface area contributed by atoms with Crippen LogP contribution in [0.3, 0.4) is 0 Å². The van der Waals surface area contributed by atoms with Crippen LogP contribution < -0.4 is 0 Å². The SMILES string of the molecule is C=CC.CCCCCCCC/C=C\CCCCCCCC(=O)OC[C@@H](O)[C@H]1OC[C@H](O)[C@H]1O. The first-order valence-corrected chi connectivity index (χ1v) is 13.0. The summed E-state index contributed by atoms with van der Waals surface area (Å²) in [6.45, 7) is 7.25. The number of hydrogen-bond acceptors (Lipinski definition) is 6. The highest BCUT2D eigenvalue weighted by atomic mass is 16.6. The number of carbonyl (C=O) groups is 1. The van der Waals surface area contributed by atoms with Crippen molar-refractivity contribution in [3.8, 4) is 0 Å². The molecule has 6 heteroatoms. The van der Waals surface area contributed by atoms with E-state index in [4.69, 9.17) is 9.47 Å². The molecule has 1 aliphatic heterocycles. The van der Waals surface area contributed by atoms with Crippen molar-refractivity contribution in [1.82, 2.24) is 0 Å². The van der Waals surface area contributed by atoms with E-state index in [2.05, 4.69) is 25.7 Å². The Balaban J connectivity index is 0.00000322. The molecule has 3 N–H and O–H groups in total. The Kier molecular flexibility index (Phi) is 21.7. The van der Waals surface area contributed by atoms with Gasteiger partial charge >= 0.3 is 5.97 Å². The number of carbonyl (C=O) groups excluding carboxylic acids is 1. The average molecular weight is 471 g/mol. The minimum Gasteiger partial charge on any atom is -0.463 e. The monoisotopic (exact) mass is 470 g/mol. The third-order valence-electron chi connectivity index (χ3n) is 5.63. The normalized spacial score (nSPS) is 20.9. The number of esters is 1. The molecule has 0 saturated carbocycles. The summed E-state index contributed by atoms with van der Waals surface area (Å²) >= 11 is 0. The molecule has 33 heavy (non-hydrogen) atoms. The first-order chi connectivity index (χ1) is 16.0. The molecule has 0 aromatic heterocycles. The highest BCUT2D eigenvalue weighted by Crippen LogP contribution is 2.18. The van der Waals surface area contributed by atoms with Crippen molar-refractivity contribution in [1.29, 1.82) is 0 Å². The fourth-order valence-corrected chi connectivity index (χ4v) is 3.65. The van der Waals surface area contributed by atoms with Gasteiger partial charge in [-0.2, -0.15) is 0 Å². The Labute approximate surface area is 202 Å². The van der Waals surface area contributed by atoms with Gasteiger partial charge in [0, 0.05) is 6.42 Å². The Bertz CT molecular complexity index is 493. The molecule has 6 nitrogen and oxygen atoms in total. The Morgan fingerprint density at radius 1 is 1.00 bits per heavy atom. The van der Waals surface area contributed by atoms with Gasteiger partial charge in [0.2, 0.25) is 0 Å². The topological polar surface area (TPSA) is 96.2 Å². The summed E-state index contributed by atoms with van der Waals surface area (Å²) in [6.07, 6.45) is 18.2. The molecule has 1 rings (SSSR count). The molecule has 1 fully saturated rings. The maximum atomic E-state index is 11.7. The molecule has 0 aliphatic carbocycles. The van der Waals surface area contributed by atoms with Crippen molar-refractivity contribution >= 4 is 5.97 Å². The second-order valence-electron chi connectivity index (χ2n) is 8.85. The minimum atomic E-state index is -1.15. The van der Waals surface area contributed by atoms with E-state index in [1.165, 1.54) is 57.8 Å². The van der Waals surface area contributed by atoms with E-state index in [9.17, 15) is 20.1 Å². The van der Waals surface area contributed by atoms with Crippen LogP contribution in [-0.4, -0.2) is 58.9 Å². The second kappa shape index (κ2) is 22.6. The molecule has 0 aromatic carbocycles. The van der Waals surface area contributed by atoms with Crippen LogP contribution in [0.4, 0.5) is 0 Å². The predicted octanol–water partition coefficient (Wildman–Crippen LogP) is 5.24. The van der Waals surface area contributed by atoms with Crippen LogP contribution >= 0.6 is 0 Å². The van der Waals surface area contributed by atoms with E-state index in [0.717, 1.165) is 25.7 Å². The van der Waals surface area contributed by atoms with Crippen molar-refractivity contribution in [2.75, 3.05) is 13.2 Å². The summed E-state index contributed by atoms with van der Waals surface area (Å²) in [5.41, 5.74) is 0. The van der Waals surface area contributed by atoms with Crippen molar-refractivity contribution < 1.29 is 29.6 Å². The fraction of sp³-hybridized carbons (Fsp3) is 0.815. The number of hydrogen-bond donors (Lipinski definition) is 3. The lowest BCUT2D eigenvalue weighted by atomic mass is 10.1. The van der Waals surface area contributed by atoms with Crippen molar-refractivity contribution in [3.05, 3.63) is 24.8 Å². The largest absolute Gasteiger partial charge is 0.463 e. The van der Waals surface area contributed by atoms with Crippen molar-refractivity contribution in [3.63, 3.8) is 0 Å².